The van der Waals surface area contributed by atoms with Gasteiger partial charge in [-0.1, -0.05) is 12.1 Å². The van der Waals surface area contributed by atoms with Crippen LogP contribution in [0.1, 0.15) is 24.3 Å². The molecule has 1 saturated heterocycles. The van der Waals surface area contributed by atoms with Crippen LogP contribution in [0.2, 0.25) is 0 Å². The molecule has 0 bridgehead atoms. The normalized spacial score (nSPS) is 17.3. The molecule has 1 spiro atoms. The van der Waals surface area contributed by atoms with Crippen molar-refractivity contribution in [3.63, 3.8) is 0 Å². The summed E-state index contributed by atoms with van der Waals surface area (Å²) >= 11 is 3.47. The fraction of sp³-hybridized carbons (Fsp3) is 0.348. The van der Waals surface area contributed by atoms with Crippen molar-refractivity contribution in [1.82, 2.24) is 15.2 Å². The number of ether oxygens (including phenoxy) is 2. The third kappa shape index (κ3) is 3.85. The maximum atomic E-state index is 6.20. The number of methoxy groups -OCH3 is 1. The zero-order valence-corrected chi connectivity index (χ0v) is 18.9. The number of hydrogen-bond donors (Lipinski definition) is 1. The number of hydrogen-bond acceptors (Lipinski definition) is 7. The van der Waals surface area contributed by atoms with Gasteiger partial charge in [0.25, 0.3) is 0 Å². The third-order valence-corrected chi connectivity index (χ3v) is 6.70. The van der Waals surface area contributed by atoms with Crippen molar-refractivity contribution in [3.05, 3.63) is 58.8 Å². The van der Waals surface area contributed by atoms with Crippen LogP contribution in [0.5, 0.6) is 5.75 Å². The summed E-state index contributed by atoms with van der Waals surface area (Å²) in [7, 11) is 1.60. The zero-order valence-electron chi connectivity index (χ0n) is 17.3. The monoisotopic (exact) mass is 481 g/mol. The summed E-state index contributed by atoms with van der Waals surface area (Å²) in [6.45, 7) is 2.16. The minimum absolute atomic E-state index is 0.177. The van der Waals surface area contributed by atoms with Gasteiger partial charge in [0.2, 0.25) is 0 Å². The summed E-state index contributed by atoms with van der Waals surface area (Å²) in [4.78, 5) is 6.54. The molecule has 1 aromatic carbocycles. The van der Waals surface area contributed by atoms with Gasteiger partial charge in [0, 0.05) is 37.4 Å². The second kappa shape index (κ2) is 8.09. The van der Waals surface area contributed by atoms with Crippen LogP contribution < -0.4 is 15.4 Å². The molecule has 5 rings (SSSR count). The number of anilines is 2. The molecule has 0 amide bonds. The van der Waals surface area contributed by atoms with E-state index in [-0.39, 0.29) is 6.79 Å². The Morgan fingerprint density at radius 2 is 1.97 bits per heavy atom. The van der Waals surface area contributed by atoms with Gasteiger partial charge in [-0.25, -0.2) is 4.98 Å². The number of rotatable bonds is 6. The maximum Gasteiger partial charge on any atom is 0.188 e. The van der Waals surface area contributed by atoms with E-state index in [1.54, 1.807) is 7.11 Å². The lowest BCUT2D eigenvalue weighted by Gasteiger charge is -2.60. The van der Waals surface area contributed by atoms with E-state index in [2.05, 4.69) is 48.1 Å². The van der Waals surface area contributed by atoms with Gasteiger partial charge in [-0.3, -0.25) is 0 Å². The SMILES string of the molecule is COCOc1ccccc1-c1cc(N2CC3(CC(c4ccnc(Br)c4)C3)C2)c(N)nn1. The molecule has 0 atom stereocenters. The molecule has 2 fully saturated rings. The van der Waals surface area contributed by atoms with Gasteiger partial charge in [-0.05, 0) is 70.6 Å². The van der Waals surface area contributed by atoms with E-state index in [1.165, 1.54) is 18.4 Å². The van der Waals surface area contributed by atoms with Gasteiger partial charge >= 0.3 is 0 Å². The quantitative estimate of drug-likeness (QED) is 0.415. The Hall–Kier alpha value is -2.71. The summed E-state index contributed by atoms with van der Waals surface area (Å²) in [6, 6.07) is 14.0. The fourth-order valence-electron chi connectivity index (χ4n) is 4.79. The van der Waals surface area contributed by atoms with Gasteiger partial charge < -0.3 is 20.1 Å². The Kier molecular flexibility index (Phi) is 5.27. The smallest absolute Gasteiger partial charge is 0.188 e. The number of nitrogens with zero attached hydrogens (tertiary/aromatic N) is 4. The fourth-order valence-corrected chi connectivity index (χ4v) is 5.17. The first-order valence-electron chi connectivity index (χ1n) is 10.3. The highest BCUT2D eigenvalue weighted by Crippen LogP contribution is 2.57. The zero-order chi connectivity index (χ0) is 21.4. The first kappa shape index (κ1) is 20.2. The van der Waals surface area contributed by atoms with Crippen LogP contribution in [0.15, 0.2) is 53.3 Å². The molecule has 3 aromatic rings. The van der Waals surface area contributed by atoms with E-state index < -0.39 is 0 Å². The molecule has 0 unspecified atom stereocenters. The topological polar surface area (TPSA) is 86.4 Å². The van der Waals surface area contributed by atoms with Crippen molar-refractivity contribution < 1.29 is 9.47 Å². The minimum Gasteiger partial charge on any atom is -0.467 e. The molecule has 3 heterocycles. The van der Waals surface area contributed by atoms with Gasteiger partial charge in [-0.15, -0.1) is 10.2 Å². The van der Waals surface area contributed by atoms with Crippen molar-refractivity contribution >= 4 is 27.4 Å². The van der Waals surface area contributed by atoms with Crippen LogP contribution in [0, 0.1) is 5.41 Å². The summed E-state index contributed by atoms with van der Waals surface area (Å²) in [5.74, 6) is 1.78. The van der Waals surface area contributed by atoms with Gasteiger partial charge in [-0.2, -0.15) is 0 Å². The lowest BCUT2D eigenvalue weighted by atomic mass is 9.56. The Morgan fingerprint density at radius 3 is 2.74 bits per heavy atom. The number of benzene rings is 1. The number of pyridine rings is 1. The Bertz CT molecular complexity index is 1090. The van der Waals surface area contributed by atoms with Crippen molar-refractivity contribution in [1.29, 1.82) is 0 Å². The van der Waals surface area contributed by atoms with Crippen molar-refractivity contribution in [2.75, 3.05) is 37.6 Å². The lowest BCUT2D eigenvalue weighted by Crippen LogP contribution is -2.62. The highest BCUT2D eigenvalue weighted by Gasteiger charge is 2.53. The molecule has 2 N–H and O–H groups in total. The number of nitrogen functional groups attached to an aromatic ring is 1. The average molecular weight is 482 g/mol. The molecule has 7 nitrogen and oxygen atoms in total. The minimum atomic E-state index is 0.177. The number of para-hydroxylation sites is 1. The van der Waals surface area contributed by atoms with Gasteiger partial charge in [0.15, 0.2) is 12.6 Å². The standard InChI is InChI=1S/C23H24BrN5O2/c1-30-14-31-20-5-3-2-4-17(20)18-9-19(22(25)28-27-18)29-12-23(13-29)10-16(11-23)15-6-7-26-21(24)8-15/h2-9,16H,10-14H2,1H3,(H2,25,28). The van der Waals surface area contributed by atoms with Crippen LogP contribution in [0.4, 0.5) is 11.5 Å². The van der Waals surface area contributed by atoms with E-state index in [4.69, 9.17) is 15.2 Å². The molecule has 8 heteroatoms. The van der Waals surface area contributed by atoms with E-state index in [0.717, 1.165) is 34.6 Å². The van der Waals surface area contributed by atoms with Crippen LogP contribution in [-0.4, -0.2) is 42.2 Å². The van der Waals surface area contributed by atoms with E-state index in [1.807, 2.05) is 36.5 Å². The van der Waals surface area contributed by atoms with Crippen molar-refractivity contribution in [2.24, 2.45) is 5.41 Å². The number of halogens is 1. The number of nitrogens with two attached hydrogens (primary N) is 1. The molecule has 1 aliphatic carbocycles. The Balaban J connectivity index is 1.30. The summed E-state index contributed by atoms with van der Waals surface area (Å²) in [6.07, 6.45) is 4.26. The molecular weight excluding hydrogens is 458 g/mol. The molecule has 1 saturated carbocycles. The molecule has 160 valence electrons. The van der Waals surface area contributed by atoms with E-state index in [9.17, 15) is 0 Å². The van der Waals surface area contributed by atoms with Gasteiger partial charge in [0.1, 0.15) is 10.4 Å². The van der Waals surface area contributed by atoms with Crippen LogP contribution in [0.3, 0.4) is 0 Å². The highest BCUT2D eigenvalue weighted by molar-refractivity contribution is 9.10. The summed E-state index contributed by atoms with van der Waals surface area (Å²) in [5, 5.41) is 8.55. The average Bonchev–Trinajstić information content (AvgIpc) is 2.72. The summed E-state index contributed by atoms with van der Waals surface area (Å²) in [5.41, 5.74) is 10.5. The molecule has 2 aliphatic rings. The molecular formula is C23H24BrN5O2. The van der Waals surface area contributed by atoms with Crippen LogP contribution in [-0.2, 0) is 4.74 Å². The van der Waals surface area contributed by atoms with Gasteiger partial charge in [0.05, 0.1) is 11.4 Å². The molecule has 0 radical (unpaired) electrons. The number of aromatic nitrogens is 3. The summed E-state index contributed by atoms with van der Waals surface area (Å²) < 4.78 is 11.6. The largest absolute Gasteiger partial charge is 0.467 e. The van der Waals surface area contributed by atoms with Crippen molar-refractivity contribution in [2.45, 2.75) is 18.8 Å². The molecule has 2 aromatic heterocycles. The predicted octanol–water partition coefficient (Wildman–Crippen LogP) is 4.25. The Labute approximate surface area is 189 Å². The second-order valence-electron chi connectivity index (χ2n) is 8.42. The highest BCUT2D eigenvalue weighted by atomic mass is 79.9. The van der Waals surface area contributed by atoms with E-state index in [0.29, 0.717) is 22.9 Å². The molecule has 31 heavy (non-hydrogen) atoms. The van der Waals surface area contributed by atoms with Crippen molar-refractivity contribution in [3.8, 4) is 17.0 Å². The third-order valence-electron chi connectivity index (χ3n) is 6.27. The Morgan fingerprint density at radius 1 is 1.16 bits per heavy atom. The van der Waals surface area contributed by atoms with Crippen LogP contribution in [0.25, 0.3) is 11.3 Å². The first-order valence-corrected chi connectivity index (χ1v) is 11.1. The first-order chi connectivity index (χ1) is 15.1. The molecule has 1 aliphatic heterocycles. The predicted molar refractivity (Wildman–Crippen MR) is 123 cm³/mol. The lowest BCUT2D eigenvalue weighted by molar-refractivity contribution is 0.0515. The maximum absolute atomic E-state index is 6.20. The second-order valence-corrected chi connectivity index (χ2v) is 9.23. The van der Waals surface area contributed by atoms with Crippen LogP contribution >= 0.6 is 15.9 Å². The van der Waals surface area contributed by atoms with E-state index >= 15 is 0 Å².